The Morgan fingerprint density at radius 1 is 1.33 bits per heavy atom. The molecular formula is C13H15N3OS. The summed E-state index contributed by atoms with van der Waals surface area (Å²) in [6.07, 6.45) is 1.75. The number of amides is 1. The number of aromatic nitrogens is 2. The van der Waals surface area contributed by atoms with E-state index in [1.54, 1.807) is 6.20 Å². The number of hydrogen-bond acceptors (Lipinski definition) is 4. The molecule has 0 fully saturated rings. The number of carbonyl (C=O) groups is 1. The summed E-state index contributed by atoms with van der Waals surface area (Å²) >= 11 is 1.37. The highest BCUT2D eigenvalue weighted by Crippen LogP contribution is 2.21. The van der Waals surface area contributed by atoms with Gasteiger partial charge in [-0.25, -0.2) is 0 Å². The van der Waals surface area contributed by atoms with E-state index in [2.05, 4.69) is 14.9 Å². The second kappa shape index (κ2) is 5.73. The molecule has 0 saturated carbocycles. The minimum atomic E-state index is 0.0209. The normalized spacial score (nSPS) is 10.6. The molecule has 2 rings (SSSR count). The Bertz CT molecular complexity index is 506. The molecule has 0 saturated heterocycles. The zero-order chi connectivity index (χ0) is 13.0. The van der Waals surface area contributed by atoms with Gasteiger partial charge in [0.15, 0.2) is 0 Å². The Morgan fingerprint density at radius 2 is 2.06 bits per heavy atom. The van der Waals surface area contributed by atoms with Gasteiger partial charge in [0.1, 0.15) is 0 Å². The molecule has 1 aromatic heterocycles. The van der Waals surface area contributed by atoms with E-state index in [4.69, 9.17) is 0 Å². The molecule has 0 aliphatic carbocycles. The molecule has 0 spiro atoms. The summed E-state index contributed by atoms with van der Waals surface area (Å²) in [7, 11) is 0. The van der Waals surface area contributed by atoms with Crippen molar-refractivity contribution in [2.24, 2.45) is 5.92 Å². The van der Waals surface area contributed by atoms with Crippen molar-refractivity contribution < 1.29 is 4.79 Å². The molecule has 5 heteroatoms. The summed E-state index contributed by atoms with van der Waals surface area (Å²) in [6.45, 7) is 4.34. The van der Waals surface area contributed by atoms with E-state index >= 15 is 0 Å². The maximum atomic E-state index is 11.4. The second-order valence-corrected chi connectivity index (χ2v) is 5.14. The van der Waals surface area contributed by atoms with Gasteiger partial charge in [0.25, 0.3) is 0 Å². The average molecular weight is 261 g/mol. The number of nitrogens with zero attached hydrogens (tertiary/aromatic N) is 2. The molecular weight excluding hydrogens is 246 g/mol. The molecule has 1 amide bonds. The first-order valence-corrected chi connectivity index (χ1v) is 6.58. The summed E-state index contributed by atoms with van der Waals surface area (Å²) in [4.78, 5) is 12.5. The van der Waals surface area contributed by atoms with Gasteiger partial charge < -0.3 is 5.32 Å². The highest BCUT2D eigenvalue weighted by Gasteiger charge is 2.06. The summed E-state index contributed by atoms with van der Waals surface area (Å²) in [5, 5.41) is 6.70. The van der Waals surface area contributed by atoms with Crippen LogP contribution in [0.5, 0.6) is 0 Å². The average Bonchev–Trinajstić information content (AvgIpc) is 2.90. The van der Waals surface area contributed by atoms with Crippen LogP contribution in [0.3, 0.4) is 0 Å². The molecule has 0 unspecified atom stereocenters. The monoisotopic (exact) mass is 261 g/mol. The topological polar surface area (TPSA) is 54.9 Å². The minimum absolute atomic E-state index is 0.0209. The van der Waals surface area contributed by atoms with E-state index in [1.807, 2.05) is 38.1 Å². The second-order valence-electron chi connectivity index (χ2n) is 4.35. The van der Waals surface area contributed by atoms with Crippen molar-refractivity contribution in [3.8, 4) is 10.4 Å². The van der Waals surface area contributed by atoms with Gasteiger partial charge in [-0.1, -0.05) is 42.6 Å². The van der Waals surface area contributed by atoms with Crippen molar-refractivity contribution in [1.82, 2.24) is 14.9 Å². The Kier molecular flexibility index (Phi) is 4.04. The summed E-state index contributed by atoms with van der Waals surface area (Å²) in [5.41, 5.74) is 2.19. The number of rotatable bonds is 4. The quantitative estimate of drug-likeness (QED) is 0.920. The van der Waals surface area contributed by atoms with Crippen LogP contribution in [0.1, 0.15) is 19.4 Å². The lowest BCUT2D eigenvalue weighted by atomic mass is 10.1. The van der Waals surface area contributed by atoms with Crippen LogP contribution in [0.2, 0.25) is 0 Å². The number of benzene rings is 1. The number of nitrogens with one attached hydrogen (secondary N) is 1. The molecule has 0 radical (unpaired) electrons. The van der Waals surface area contributed by atoms with Crippen molar-refractivity contribution in [1.29, 1.82) is 0 Å². The van der Waals surface area contributed by atoms with Crippen LogP contribution in [0.25, 0.3) is 10.4 Å². The highest BCUT2D eigenvalue weighted by molar-refractivity contribution is 7.09. The van der Waals surface area contributed by atoms with Crippen LogP contribution in [0, 0.1) is 5.92 Å². The van der Waals surface area contributed by atoms with Crippen molar-refractivity contribution in [2.45, 2.75) is 20.4 Å². The zero-order valence-electron chi connectivity index (χ0n) is 10.4. The first-order valence-electron chi connectivity index (χ1n) is 5.81. The standard InChI is InChI=1S/C13H15N3OS/c1-9(2)13(17)14-7-10-3-5-11(6-4-10)12-8-15-16-18-12/h3-6,8-9H,7H2,1-2H3,(H,14,17). The largest absolute Gasteiger partial charge is 0.352 e. The first kappa shape index (κ1) is 12.7. The molecule has 18 heavy (non-hydrogen) atoms. The van der Waals surface area contributed by atoms with Crippen molar-refractivity contribution in [3.63, 3.8) is 0 Å². The van der Waals surface area contributed by atoms with Gasteiger partial charge in [0, 0.05) is 12.5 Å². The first-order chi connectivity index (χ1) is 8.66. The maximum Gasteiger partial charge on any atom is 0.222 e. The molecule has 4 nitrogen and oxygen atoms in total. The predicted molar refractivity (Wildman–Crippen MR) is 72.0 cm³/mol. The van der Waals surface area contributed by atoms with Crippen LogP contribution in [-0.4, -0.2) is 15.5 Å². The Labute approximate surface area is 110 Å². The molecule has 1 heterocycles. The van der Waals surface area contributed by atoms with Crippen LogP contribution in [0.15, 0.2) is 30.5 Å². The van der Waals surface area contributed by atoms with Crippen LogP contribution >= 0.6 is 11.5 Å². The van der Waals surface area contributed by atoms with E-state index in [0.29, 0.717) is 6.54 Å². The van der Waals surface area contributed by atoms with Crippen molar-refractivity contribution in [2.75, 3.05) is 0 Å². The Morgan fingerprint density at radius 3 is 2.61 bits per heavy atom. The van der Waals surface area contributed by atoms with E-state index in [0.717, 1.165) is 16.0 Å². The summed E-state index contributed by atoms with van der Waals surface area (Å²) in [5.74, 6) is 0.0956. The molecule has 2 aromatic rings. The Hall–Kier alpha value is -1.75. The molecule has 1 aromatic carbocycles. The lowest BCUT2D eigenvalue weighted by Gasteiger charge is -2.07. The van der Waals surface area contributed by atoms with Gasteiger partial charge in [-0.15, -0.1) is 5.10 Å². The van der Waals surface area contributed by atoms with E-state index in [-0.39, 0.29) is 11.8 Å². The fourth-order valence-corrected chi connectivity index (χ4v) is 1.99. The fourth-order valence-electron chi connectivity index (χ4n) is 1.47. The molecule has 0 atom stereocenters. The molecule has 0 aliphatic rings. The van der Waals surface area contributed by atoms with Gasteiger partial charge in [0.2, 0.25) is 5.91 Å². The third-order valence-electron chi connectivity index (χ3n) is 2.59. The highest BCUT2D eigenvalue weighted by atomic mass is 32.1. The summed E-state index contributed by atoms with van der Waals surface area (Å²) < 4.78 is 3.83. The van der Waals surface area contributed by atoms with Crippen LogP contribution in [0.4, 0.5) is 0 Å². The lowest BCUT2D eigenvalue weighted by Crippen LogP contribution is -2.27. The SMILES string of the molecule is CC(C)C(=O)NCc1ccc(-c2cnns2)cc1. The van der Waals surface area contributed by atoms with Crippen molar-refractivity contribution >= 4 is 17.4 Å². The Balaban J connectivity index is 1.98. The molecule has 94 valence electrons. The molecule has 0 bridgehead atoms. The van der Waals surface area contributed by atoms with E-state index in [9.17, 15) is 4.79 Å². The van der Waals surface area contributed by atoms with E-state index in [1.165, 1.54) is 11.5 Å². The zero-order valence-corrected chi connectivity index (χ0v) is 11.2. The van der Waals surface area contributed by atoms with Crippen LogP contribution < -0.4 is 5.32 Å². The molecule has 1 N–H and O–H groups in total. The number of hydrogen-bond donors (Lipinski definition) is 1. The summed E-state index contributed by atoms with van der Waals surface area (Å²) in [6, 6.07) is 8.06. The lowest BCUT2D eigenvalue weighted by molar-refractivity contribution is -0.124. The van der Waals surface area contributed by atoms with Gasteiger partial charge in [-0.05, 0) is 22.7 Å². The van der Waals surface area contributed by atoms with Gasteiger partial charge in [-0.3, -0.25) is 4.79 Å². The molecule has 0 aliphatic heterocycles. The van der Waals surface area contributed by atoms with E-state index < -0.39 is 0 Å². The smallest absolute Gasteiger partial charge is 0.222 e. The van der Waals surface area contributed by atoms with Crippen LogP contribution in [-0.2, 0) is 11.3 Å². The third kappa shape index (κ3) is 3.13. The van der Waals surface area contributed by atoms with Gasteiger partial charge >= 0.3 is 0 Å². The van der Waals surface area contributed by atoms with Gasteiger partial charge in [0.05, 0.1) is 11.1 Å². The fraction of sp³-hybridized carbons (Fsp3) is 0.308. The third-order valence-corrected chi connectivity index (χ3v) is 3.30. The predicted octanol–water partition coefficient (Wildman–Crippen LogP) is 2.48. The number of carbonyl (C=O) groups excluding carboxylic acids is 1. The van der Waals surface area contributed by atoms with Gasteiger partial charge in [-0.2, -0.15) is 0 Å². The minimum Gasteiger partial charge on any atom is -0.352 e. The maximum absolute atomic E-state index is 11.4. The van der Waals surface area contributed by atoms with Crippen molar-refractivity contribution in [3.05, 3.63) is 36.0 Å².